The first-order valence-corrected chi connectivity index (χ1v) is 6.74. The molecule has 0 amide bonds. The van der Waals surface area contributed by atoms with E-state index in [1.807, 2.05) is 6.92 Å². The molecule has 15 heavy (non-hydrogen) atoms. The lowest BCUT2D eigenvalue weighted by Crippen LogP contribution is -2.44. The van der Waals surface area contributed by atoms with Crippen LogP contribution in [0.1, 0.15) is 26.7 Å². The van der Waals surface area contributed by atoms with Crippen LogP contribution >= 0.6 is 15.9 Å². The molecule has 1 heterocycles. The van der Waals surface area contributed by atoms with E-state index in [9.17, 15) is 0 Å². The molecule has 0 N–H and O–H groups in total. The summed E-state index contributed by atoms with van der Waals surface area (Å²) in [6, 6.07) is 0. The Kier molecular flexibility index (Phi) is 6.12. The fourth-order valence-electron chi connectivity index (χ4n) is 1.77. The molecule has 1 aliphatic rings. The zero-order valence-electron chi connectivity index (χ0n) is 9.63. The Morgan fingerprint density at radius 1 is 1.40 bits per heavy atom. The highest BCUT2D eigenvalue weighted by molar-refractivity contribution is 9.09. The quantitative estimate of drug-likeness (QED) is 0.700. The third-order valence-electron chi connectivity index (χ3n) is 2.66. The molecule has 1 unspecified atom stereocenters. The third-order valence-corrected chi connectivity index (χ3v) is 3.68. The Morgan fingerprint density at radius 3 is 2.60 bits per heavy atom. The van der Waals surface area contributed by atoms with Gasteiger partial charge in [-0.3, -0.25) is 0 Å². The number of halogens is 1. The second-order valence-electron chi connectivity index (χ2n) is 4.02. The maximum Gasteiger partial charge on any atom is 0.0827 e. The lowest BCUT2D eigenvalue weighted by atomic mass is 9.96. The summed E-state index contributed by atoms with van der Waals surface area (Å²) in [7, 11) is 0. The first kappa shape index (κ1) is 13.4. The van der Waals surface area contributed by atoms with Gasteiger partial charge in [0, 0.05) is 38.0 Å². The van der Waals surface area contributed by atoms with Crippen molar-refractivity contribution in [2.75, 3.05) is 31.8 Å². The molecule has 0 bridgehead atoms. The molecule has 1 rings (SSSR count). The minimum atomic E-state index is -0.0469. The predicted molar refractivity (Wildman–Crippen MR) is 63.6 cm³/mol. The average molecular weight is 281 g/mol. The van der Waals surface area contributed by atoms with Crippen LogP contribution in [0, 0.1) is 0 Å². The van der Waals surface area contributed by atoms with Gasteiger partial charge in [-0.15, -0.1) is 0 Å². The molecule has 4 heteroatoms. The SMILES string of the molecule is CCOCC(C)OC1(CBr)CCOCC1. The average Bonchev–Trinajstić information content (AvgIpc) is 2.27. The third kappa shape index (κ3) is 4.39. The molecule has 0 aliphatic carbocycles. The maximum atomic E-state index is 6.08. The molecule has 90 valence electrons. The van der Waals surface area contributed by atoms with Crippen LogP contribution in [0.2, 0.25) is 0 Å². The molecule has 0 radical (unpaired) electrons. The highest BCUT2D eigenvalue weighted by Gasteiger charge is 2.34. The van der Waals surface area contributed by atoms with Gasteiger partial charge >= 0.3 is 0 Å². The van der Waals surface area contributed by atoms with Crippen molar-refractivity contribution in [2.45, 2.75) is 38.4 Å². The van der Waals surface area contributed by atoms with Crippen molar-refractivity contribution in [1.29, 1.82) is 0 Å². The summed E-state index contributed by atoms with van der Waals surface area (Å²) in [6.45, 7) is 7.08. The molecule has 1 aliphatic heterocycles. The Hall–Kier alpha value is 0.360. The van der Waals surface area contributed by atoms with Gasteiger partial charge < -0.3 is 14.2 Å². The fraction of sp³-hybridized carbons (Fsp3) is 1.00. The van der Waals surface area contributed by atoms with Crippen LogP contribution in [0.4, 0.5) is 0 Å². The molecule has 1 saturated heterocycles. The lowest BCUT2D eigenvalue weighted by molar-refractivity contribution is -0.139. The first-order chi connectivity index (χ1) is 7.22. The largest absolute Gasteiger partial charge is 0.381 e. The predicted octanol–water partition coefficient (Wildman–Crippen LogP) is 2.37. The zero-order chi connectivity index (χ0) is 11.1. The van der Waals surface area contributed by atoms with Gasteiger partial charge in [-0.1, -0.05) is 15.9 Å². The van der Waals surface area contributed by atoms with Crippen LogP contribution < -0.4 is 0 Å². The van der Waals surface area contributed by atoms with Gasteiger partial charge in [-0.25, -0.2) is 0 Å². The van der Waals surface area contributed by atoms with Crippen molar-refractivity contribution in [3.63, 3.8) is 0 Å². The van der Waals surface area contributed by atoms with Crippen molar-refractivity contribution in [3.05, 3.63) is 0 Å². The van der Waals surface area contributed by atoms with Gasteiger partial charge in [0.25, 0.3) is 0 Å². The van der Waals surface area contributed by atoms with Gasteiger partial charge in [0.05, 0.1) is 18.3 Å². The Balaban J connectivity index is 2.37. The molecule has 0 saturated carbocycles. The highest BCUT2D eigenvalue weighted by Crippen LogP contribution is 2.28. The molecule has 0 aromatic rings. The summed E-state index contributed by atoms with van der Waals surface area (Å²) in [5, 5.41) is 0.875. The van der Waals surface area contributed by atoms with Crippen LogP contribution in [0.3, 0.4) is 0 Å². The van der Waals surface area contributed by atoms with E-state index in [-0.39, 0.29) is 11.7 Å². The topological polar surface area (TPSA) is 27.7 Å². The van der Waals surface area contributed by atoms with Crippen molar-refractivity contribution in [1.82, 2.24) is 0 Å². The van der Waals surface area contributed by atoms with Gasteiger partial charge in [0.2, 0.25) is 0 Å². The number of hydrogen-bond donors (Lipinski definition) is 0. The second-order valence-corrected chi connectivity index (χ2v) is 4.58. The summed E-state index contributed by atoms with van der Waals surface area (Å²) in [5.41, 5.74) is -0.0469. The summed E-state index contributed by atoms with van der Waals surface area (Å²) in [5.74, 6) is 0. The Labute approximate surface area is 101 Å². The van der Waals surface area contributed by atoms with Crippen LogP contribution in [0.25, 0.3) is 0 Å². The zero-order valence-corrected chi connectivity index (χ0v) is 11.2. The van der Waals surface area contributed by atoms with E-state index in [2.05, 4.69) is 22.9 Å². The number of ether oxygens (including phenoxy) is 3. The van der Waals surface area contributed by atoms with Crippen molar-refractivity contribution in [3.8, 4) is 0 Å². The molecular formula is C11H21BrO3. The molecule has 1 fully saturated rings. The molecular weight excluding hydrogens is 260 g/mol. The van der Waals surface area contributed by atoms with Gasteiger partial charge in [-0.2, -0.15) is 0 Å². The van der Waals surface area contributed by atoms with Crippen molar-refractivity contribution >= 4 is 15.9 Å². The summed E-state index contributed by atoms with van der Waals surface area (Å²) >= 11 is 3.54. The fourth-order valence-corrected chi connectivity index (χ4v) is 2.46. The van der Waals surface area contributed by atoms with Crippen molar-refractivity contribution in [2.24, 2.45) is 0 Å². The molecule has 0 aromatic heterocycles. The molecule has 1 atom stereocenters. The Bertz CT molecular complexity index is 169. The van der Waals surface area contributed by atoms with E-state index in [0.29, 0.717) is 6.61 Å². The van der Waals surface area contributed by atoms with Crippen LogP contribution in [-0.2, 0) is 14.2 Å². The van der Waals surface area contributed by atoms with Gasteiger partial charge in [0.1, 0.15) is 0 Å². The van der Waals surface area contributed by atoms with E-state index < -0.39 is 0 Å². The van der Waals surface area contributed by atoms with E-state index in [4.69, 9.17) is 14.2 Å². The minimum absolute atomic E-state index is 0.0469. The van der Waals surface area contributed by atoms with Crippen molar-refractivity contribution < 1.29 is 14.2 Å². The molecule has 0 aromatic carbocycles. The molecule has 0 spiro atoms. The second kappa shape index (κ2) is 6.84. The smallest absolute Gasteiger partial charge is 0.0827 e. The van der Waals surface area contributed by atoms with Crippen LogP contribution in [0.5, 0.6) is 0 Å². The van der Waals surface area contributed by atoms with E-state index >= 15 is 0 Å². The highest BCUT2D eigenvalue weighted by atomic mass is 79.9. The number of hydrogen-bond acceptors (Lipinski definition) is 3. The van der Waals surface area contributed by atoms with Crippen LogP contribution in [-0.4, -0.2) is 43.5 Å². The summed E-state index contributed by atoms with van der Waals surface area (Å²) < 4.78 is 16.8. The summed E-state index contributed by atoms with van der Waals surface area (Å²) in [4.78, 5) is 0. The van der Waals surface area contributed by atoms with Gasteiger partial charge in [0.15, 0.2) is 0 Å². The van der Waals surface area contributed by atoms with E-state index in [1.165, 1.54) is 0 Å². The van der Waals surface area contributed by atoms with E-state index in [0.717, 1.165) is 38.0 Å². The van der Waals surface area contributed by atoms with Crippen LogP contribution in [0.15, 0.2) is 0 Å². The normalized spacial score (nSPS) is 22.6. The summed E-state index contributed by atoms with van der Waals surface area (Å²) in [6.07, 6.45) is 2.09. The van der Waals surface area contributed by atoms with Gasteiger partial charge in [-0.05, 0) is 13.8 Å². The number of rotatable bonds is 6. The molecule has 3 nitrogen and oxygen atoms in total. The minimum Gasteiger partial charge on any atom is -0.381 e. The lowest BCUT2D eigenvalue weighted by Gasteiger charge is -2.37. The maximum absolute atomic E-state index is 6.08. The monoisotopic (exact) mass is 280 g/mol. The first-order valence-electron chi connectivity index (χ1n) is 5.62. The van der Waals surface area contributed by atoms with E-state index in [1.54, 1.807) is 0 Å². The number of alkyl halides is 1. The standard InChI is InChI=1S/C11H21BrO3/c1-3-13-8-10(2)15-11(9-12)4-6-14-7-5-11/h10H,3-9H2,1-2H3. The Morgan fingerprint density at radius 2 is 2.07 bits per heavy atom.